The molecule has 0 aromatic carbocycles. The highest BCUT2D eigenvalue weighted by Crippen LogP contribution is 2.27. The second kappa shape index (κ2) is 6.11. The van der Waals surface area contributed by atoms with Crippen LogP contribution in [0.3, 0.4) is 0 Å². The van der Waals surface area contributed by atoms with E-state index in [1.165, 1.54) is 11.3 Å². The van der Waals surface area contributed by atoms with Gasteiger partial charge in [-0.2, -0.15) is 0 Å². The number of hydrogen-bond donors (Lipinski definition) is 1. The molecule has 0 aliphatic rings. The van der Waals surface area contributed by atoms with Crippen molar-refractivity contribution in [2.45, 2.75) is 20.3 Å². The SMILES string of the molecule is CC(C)CCNC(=O)c1csc(-c2cccs2)n1. The van der Waals surface area contributed by atoms with Crippen LogP contribution < -0.4 is 5.32 Å². The highest BCUT2D eigenvalue weighted by Gasteiger charge is 2.11. The molecule has 2 rings (SSSR count). The van der Waals surface area contributed by atoms with Gasteiger partial charge in [-0.1, -0.05) is 19.9 Å². The number of nitrogens with zero attached hydrogens (tertiary/aromatic N) is 1. The monoisotopic (exact) mass is 280 g/mol. The fraction of sp³-hybridized carbons (Fsp3) is 0.385. The number of rotatable bonds is 5. The minimum absolute atomic E-state index is 0.0743. The van der Waals surface area contributed by atoms with E-state index in [9.17, 15) is 4.79 Å². The second-order valence-corrected chi connectivity index (χ2v) is 6.26. The molecule has 1 N–H and O–H groups in total. The third kappa shape index (κ3) is 3.40. The standard InChI is InChI=1S/C13H16N2OS2/c1-9(2)5-6-14-12(16)10-8-18-13(15-10)11-4-3-7-17-11/h3-4,7-9H,5-6H2,1-2H3,(H,14,16). The summed E-state index contributed by atoms with van der Waals surface area (Å²) < 4.78 is 0. The van der Waals surface area contributed by atoms with Crippen LogP contribution in [0.25, 0.3) is 9.88 Å². The van der Waals surface area contributed by atoms with Gasteiger partial charge in [-0.25, -0.2) is 4.98 Å². The summed E-state index contributed by atoms with van der Waals surface area (Å²) in [5.41, 5.74) is 0.521. The van der Waals surface area contributed by atoms with Gasteiger partial charge in [-0.3, -0.25) is 4.79 Å². The summed E-state index contributed by atoms with van der Waals surface area (Å²) in [4.78, 5) is 17.3. The topological polar surface area (TPSA) is 42.0 Å². The number of hydrogen-bond acceptors (Lipinski definition) is 4. The summed E-state index contributed by atoms with van der Waals surface area (Å²) in [5.74, 6) is 0.525. The Kier molecular flexibility index (Phi) is 4.49. The maximum absolute atomic E-state index is 11.8. The summed E-state index contributed by atoms with van der Waals surface area (Å²) in [7, 11) is 0. The van der Waals surface area contributed by atoms with Crippen LogP contribution >= 0.6 is 22.7 Å². The molecule has 0 aliphatic carbocycles. The molecule has 2 aromatic rings. The summed E-state index contributed by atoms with van der Waals surface area (Å²) >= 11 is 3.15. The Hall–Kier alpha value is -1.20. The minimum atomic E-state index is -0.0743. The van der Waals surface area contributed by atoms with E-state index in [1.807, 2.05) is 22.9 Å². The van der Waals surface area contributed by atoms with Gasteiger partial charge in [0.2, 0.25) is 0 Å². The van der Waals surface area contributed by atoms with Crippen molar-refractivity contribution in [2.24, 2.45) is 5.92 Å². The van der Waals surface area contributed by atoms with Gasteiger partial charge >= 0.3 is 0 Å². The molecule has 0 spiro atoms. The van der Waals surface area contributed by atoms with Crippen LogP contribution in [0.2, 0.25) is 0 Å². The molecule has 0 bridgehead atoms. The predicted molar refractivity (Wildman–Crippen MR) is 77.2 cm³/mol. The summed E-state index contributed by atoms with van der Waals surface area (Å²) in [5, 5.41) is 7.65. The lowest BCUT2D eigenvalue weighted by Crippen LogP contribution is -2.25. The average molecular weight is 280 g/mol. The molecule has 0 unspecified atom stereocenters. The Morgan fingerprint density at radius 2 is 2.28 bits per heavy atom. The van der Waals surface area contributed by atoms with Gasteiger partial charge in [0, 0.05) is 11.9 Å². The number of thiazole rings is 1. The van der Waals surface area contributed by atoms with Gasteiger partial charge in [-0.05, 0) is 23.8 Å². The summed E-state index contributed by atoms with van der Waals surface area (Å²) in [6.07, 6.45) is 0.994. The zero-order valence-corrected chi connectivity index (χ0v) is 12.1. The van der Waals surface area contributed by atoms with Crippen molar-refractivity contribution in [1.82, 2.24) is 10.3 Å². The summed E-state index contributed by atoms with van der Waals surface area (Å²) in [6, 6.07) is 4.01. The maximum atomic E-state index is 11.8. The lowest BCUT2D eigenvalue weighted by molar-refractivity contribution is 0.0948. The van der Waals surface area contributed by atoms with Crippen molar-refractivity contribution >= 4 is 28.6 Å². The average Bonchev–Trinajstić information content (AvgIpc) is 2.99. The molecule has 96 valence electrons. The lowest BCUT2D eigenvalue weighted by Gasteiger charge is -2.05. The zero-order valence-electron chi connectivity index (χ0n) is 10.5. The molecule has 0 atom stereocenters. The van der Waals surface area contributed by atoms with E-state index in [0.29, 0.717) is 18.2 Å². The van der Waals surface area contributed by atoms with Gasteiger partial charge in [0.15, 0.2) is 0 Å². The molecule has 18 heavy (non-hydrogen) atoms. The Bertz CT molecular complexity index is 503. The van der Waals surface area contributed by atoms with Gasteiger partial charge in [0.1, 0.15) is 10.7 Å². The van der Waals surface area contributed by atoms with Gasteiger partial charge < -0.3 is 5.32 Å². The van der Waals surface area contributed by atoms with Gasteiger partial charge in [0.25, 0.3) is 5.91 Å². The van der Waals surface area contributed by atoms with Crippen molar-refractivity contribution in [3.05, 3.63) is 28.6 Å². The molecular weight excluding hydrogens is 264 g/mol. The predicted octanol–water partition coefficient (Wildman–Crippen LogP) is 3.65. The first-order valence-electron chi connectivity index (χ1n) is 5.94. The van der Waals surface area contributed by atoms with Crippen LogP contribution in [0.4, 0.5) is 0 Å². The third-order valence-electron chi connectivity index (χ3n) is 2.48. The molecule has 2 aromatic heterocycles. The van der Waals surface area contributed by atoms with Crippen molar-refractivity contribution in [2.75, 3.05) is 6.54 Å². The highest BCUT2D eigenvalue weighted by molar-refractivity contribution is 7.20. The number of amides is 1. The van der Waals surface area contributed by atoms with Gasteiger partial charge in [-0.15, -0.1) is 22.7 Å². The normalized spacial score (nSPS) is 10.8. The van der Waals surface area contributed by atoms with Crippen LogP contribution in [-0.4, -0.2) is 17.4 Å². The molecule has 1 amide bonds. The zero-order chi connectivity index (χ0) is 13.0. The Morgan fingerprint density at radius 3 is 2.94 bits per heavy atom. The third-order valence-corrected chi connectivity index (χ3v) is 4.36. The Balaban J connectivity index is 1.95. The first-order chi connectivity index (χ1) is 8.66. The maximum Gasteiger partial charge on any atom is 0.270 e. The number of carbonyl (C=O) groups excluding carboxylic acids is 1. The van der Waals surface area contributed by atoms with E-state index in [2.05, 4.69) is 24.1 Å². The first kappa shape index (κ1) is 13.2. The molecule has 0 aliphatic heterocycles. The fourth-order valence-electron chi connectivity index (χ4n) is 1.46. The molecular formula is C13H16N2OS2. The van der Waals surface area contributed by atoms with Crippen LogP contribution in [0.1, 0.15) is 30.8 Å². The number of carbonyl (C=O) groups is 1. The van der Waals surface area contributed by atoms with Crippen molar-refractivity contribution in [1.29, 1.82) is 0 Å². The molecule has 5 heteroatoms. The number of aromatic nitrogens is 1. The second-order valence-electron chi connectivity index (χ2n) is 4.45. The van der Waals surface area contributed by atoms with E-state index in [1.54, 1.807) is 11.3 Å². The first-order valence-corrected chi connectivity index (χ1v) is 7.70. The van der Waals surface area contributed by atoms with E-state index < -0.39 is 0 Å². The minimum Gasteiger partial charge on any atom is -0.351 e. The van der Waals surface area contributed by atoms with Crippen LogP contribution in [0.15, 0.2) is 22.9 Å². The highest BCUT2D eigenvalue weighted by atomic mass is 32.1. The smallest absolute Gasteiger partial charge is 0.270 e. The van der Waals surface area contributed by atoms with E-state index in [-0.39, 0.29) is 5.91 Å². The molecule has 2 heterocycles. The van der Waals surface area contributed by atoms with E-state index >= 15 is 0 Å². The van der Waals surface area contributed by atoms with Crippen LogP contribution in [0.5, 0.6) is 0 Å². The van der Waals surface area contributed by atoms with E-state index in [4.69, 9.17) is 0 Å². The Morgan fingerprint density at radius 1 is 1.44 bits per heavy atom. The number of thiophene rings is 1. The van der Waals surface area contributed by atoms with E-state index in [0.717, 1.165) is 16.3 Å². The molecule has 0 fully saturated rings. The quantitative estimate of drug-likeness (QED) is 0.908. The summed E-state index contributed by atoms with van der Waals surface area (Å²) in [6.45, 7) is 5.00. The Labute approximate surface area is 115 Å². The lowest BCUT2D eigenvalue weighted by atomic mass is 10.1. The van der Waals surface area contributed by atoms with Gasteiger partial charge in [0.05, 0.1) is 4.88 Å². The fourth-order valence-corrected chi connectivity index (χ4v) is 3.07. The van der Waals surface area contributed by atoms with Crippen molar-refractivity contribution < 1.29 is 4.79 Å². The van der Waals surface area contributed by atoms with Crippen molar-refractivity contribution in [3.8, 4) is 9.88 Å². The van der Waals surface area contributed by atoms with Crippen LogP contribution in [-0.2, 0) is 0 Å². The molecule has 0 saturated carbocycles. The van der Waals surface area contributed by atoms with Crippen molar-refractivity contribution in [3.63, 3.8) is 0 Å². The largest absolute Gasteiger partial charge is 0.351 e. The van der Waals surface area contributed by atoms with Crippen LogP contribution in [0, 0.1) is 5.92 Å². The molecule has 0 saturated heterocycles. The molecule has 3 nitrogen and oxygen atoms in total. The molecule has 0 radical (unpaired) electrons. The number of nitrogens with one attached hydrogen (secondary N) is 1.